The first-order valence-electron chi connectivity index (χ1n) is 7.26. The summed E-state index contributed by atoms with van der Waals surface area (Å²) in [7, 11) is 0. The Kier molecular flexibility index (Phi) is 3.42. The predicted molar refractivity (Wildman–Crippen MR) is 77.0 cm³/mol. The highest BCUT2D eigenvalue weighted by molar-refractivity contribution is 7.99. The summed E-state index contributed by atoms with van der Waals surface area (Å²) >= 11 is 2.08. The molecule has 0 aliphatic carbocycles. The van der Waals surface area contributed by atoms with E-state index in [1.165, 1.54) is 30.8 Å². The molecular weight excluding hydrogens is 244 g/mol. The lowest BCUT2D eigenvalue weighted by Crippen LogP contribution is -2.68. The molecule has 3 atom stereocenters. The maximum atomic E-state index is 6.26. The molecule has 2 bridgehead atoms. The van der Waals surface area contributed by atoms with Crippen LogP contribution in [-0.2, 0) is 4.74 Å². The van der Waals surface area contributed by atoms with Crippen LogP contribution >= 0.6 is 11.8 Å². The van der Waals surface area contributed by atoms with Crippen LogP contribution in [0.1, 0.15) is 33.1 Å². The minimum absolute atomic E-state index is 0.181. The van der Waals surface area contributed by atoms with Crippen LogP contribution in [-0.4, -0.2) is 53.8 Å². The number of fused-ring (bicyclic) bond motifs is 2. The molecule has 3 aliphatic rings. The van der Waals surface area contributed by atoms with E-state index in [2.05, 4.69) is 30.5 Å². The van der Waals surface area contributed by atoms with E-state index in [0.29, 0.717) is 17.6 Å². The van der Waals surface area contributed by atoms with E-state index >= 15 is 0 Å². The third-order valence-electron chi connectivity index (χ3n) is 5.46. The van der Waals surface area contributed by atoms with Crippen molar-refractivity contribution in [1.82, 2.24) is 4.90 Å². The molecule has 3 saturated heterocycles. The fraction of sp³-hybridized carbons (Fsp3) is 1.00. The summed E-state index contributed by atoms with van der Waals surface area (Å²) in [4.78, 5) is 2.69. The molecule has 18 heavy (non-hydrogen) atoms. The van der Waals surface area contributed by atoms with Crippen molar-refractivity contribution in [3.63, 3.8) is 0 Å². The van der Waals surface area contributed by atoms with E-state index in [9.17, 15) is 0 Å². The maximum absolute atomic E-state index is 6.26. The van der Waals surface area contributed by atoms with E-state index < -0.39 is 0 Å². The van der Waals surface area contributed by atoms with Gasteiger partial charge in [-0.05, 0) is 30.4 Å². The van der Waals surface area contributed by atoms with Gasteiger partial charge in [0.05, 0.1) is 12.2 Å². The highest BCUT2D eigenvalue weighted by Crippen LogP contribution is 2.47. The van der Waals surface area contributed by atoms with Crippen LogP contribution in [0.3, 0.4) is 0 Å². The van der Waals surface area contributed by atoms with Crippen LogP contribution < -0.4 is 5.73 Å². The van der Waals surface area contributed by atoms with Crippen LogP contribution in [0.4, 0.5) is 0 Å². The second-order valence-corrected chi connectivity index (χ2v) is 7.89. The van der Waals surface area contributed by atoms with Gasteiger partial charge < -0.3 is 10.5 Å². The summed E-state index contributed by atoms with van der Waals surface area (Å²) in [5.74, 6) is 2.47. The van der Waals surface area contributed by atoms with Gasteiger partial charge >= 0.3 is 0 Å². The monoisotopic (exact) mass is 270 g/mol. The molecule has 3 heterocycles. The van der Waals surface area contributed by atoms with Gasteiger partial charge in [-0.2, -0.15) is 11.8 Å². The molecule has 4 heteroatoms. The first kappa shape index (κ1) is 13.2. The van der Waals surface area contributed by atoms with Crippen molar-refractivity contribution in [3.05, 3.63) is 0 Å². The molecule has 0 aromatic carbocycles. The molecule has 0 aromatic rings. The number of nitrogens with two attached hydrogens (primary N) is 1. The lowest BCUT2D eigenvalue weighted by molar-refractivity contribution is -0.102. The Hall–Kier alpha value is 0.230. The average molecular weight is 270 g/mol. The number of rotatable bonds is 2. The van der Waals surface area contributed by atoms with E-state index in [-0.39, 0.29) is 5.54 Å². The zero-order valence-electron chi connectivity index (χ0n) is 11.7. The third kappa shape index (κ3) is 1.92. The number of nitrogens with zero attached hydrogens (tertiary/aromatic N) is 1. The van der Waals surface area contributed by atoms with Crippen LogP contribution in [0, 0.1) is 5.41 Å². The van der Waals surface area contributed by atoms with Gasteiger partial charge in [0.2, 0.25) is 0 Å². The number of hydrogen-bond acceptors (Lipinski definition) is 4. The van der Waals surface area contributed by atoms with Crippen molar-refractivity contribution >= 4 is 11.8 Å². The Bertz CT molecular complexity index is 311. The normalized spacial score (nSPS) is 44.2. The highest BCUT2D eigenvalue weighted by atomic mass is 32.2. The molecule has 0 aromatic heterocycles. The quantitative estimate of drug-likeness (QED) is 0.829. The number of thioether (sulfide) groups is 1. The summed E-state index contributed by atoms with van der Waals surface area (Å²) in [6.45, 7) is 7.80. The van der Waals surface area contributed by atoms with E-state index in [1.54, 1.807) is 0 Å². The number of morpholine rings is 1. The zero-order valence-corrected chi connectivity index (χ0v) is 12.5. The number of hydrogen-bond donors (Lipinski definition) is 1. The SMILES string of the molecule is CC1(C)CCSCC1(CN)N1CC2CCC(C1)O2. The van der Waals surface area contributed by atoms with E-state index in [4.69, 9.17) is 10.5 Å². The summed E-state index contributed by atoms with van der Waals surface area (Å²) in [6.07, 6.45) is 4.71. The molecule has 3 nitrogen and oxygen atoms in total. The Morgan fingerprint density at radius 1 is 1.28 bits per heavy atom. The van der Waals surface area contributed by atoms with Gasteiger partial charge in [0.1, 0.15) is 0 Å². The van der Waals surface area contributed by atoms with Crippen molar-refractivity contribution in [3.8, 4) is 0 Å². The van der Waals surface area contributed by atoms with Crippen LogP contribution in [0.2, 0.25) is 0 Å². The van der Waals surface area contributed by atoms with Gasteiger partial charge in [-0.1, -0.05) is 13.8 Å². The maximum Gasteiger partial charge on any atom is 0.0707 e. The fourth-order valence-electron chi connectivity index (χ4n) is 3.94. The molecule has 3 aliphatic heterocycles. The fourth-order valence-corrected chi connectivity index (χ4v) is 5.77. The van der Waals surface area contributed by atoms with Gasteiger partial charge in [0.25, 0.3) is 0 Å². The third-order valence-corrected chi connectivity index (χ3v) is 6.63. The first-order chi connectivity index (χ1) is 8.57. The van der Waals surface area contributed by atoms with Gasteiger partial charge in [-0.3, -0.25) is 4.90 Å². The second-order valence-electron chi connectivity index (χ2n) is 6.78. The van der Waals surface area contributed by atoms with E-state index in [0.717, 1.165) is 19.6 Å². The van der Waals surface area contributed by atoms with Gasteiger partial charge in [0.15, 0.2) is 0 Å². The van der Waals surface area contributed by atoms with Gasteiger partial charge in [0, 0.05) is 30.9 Å². The van der Waals surface area contributed by atoms with Crippen molar-refractivity contribution < 1.29 is 4.74 Å². The first-order valence-corrected chi connectivity index (χ1v) is 8.41. The molecule has 0 amide bonds. The molecule has 0 saturated carbocycles. The predicted octanol–water partition coefficient (Wildman–Crippen LogP) is 1.71. The highest BCUT2D eigenvalue weighted by Gasteiger charge is 2.52. The van der Waals surface area contributed by atoms with Crippen LogP contribution in [0.25, 0.3) is 0 Å². The molecule has 0 spiro atoms. The van der Waals surface area contributed by atoms with Crippen molar-refractivity contribution in [2.45, 2.75) is 50.9 Å². The smallest absolute Gasteiger partial charge is 0.0707 e. The topological polar surface area (TPSA) is 38.5 Å². The van der Waals surface area contributed by atoms with E-state index in [1.807, 2.05) is 0 Å². The molecule has 3 unspecified atom stereocenters. The Morgan fingerprint density at radius 3 is 2.50 bits per heavy atom. The van der Waals surface area contributed by atoms with Crippen LogP contribution in [0.15, 0.2) is 0 Å². The molecule has 3 fully saturated rings. The number of ether oxygens (including phenoxy) is 1. The molecule has 3 rings (SSSR count). The minimum Gasteiger partial charge on any atom is -0.372 e. The lowest BCUT2D eigenvalue weighted by Gasteiger charge is -2.57. The lowest BCUT2D eigenvalue weighted by atomic mass is 9.69. The van der Waals surface area contributed by atoms with Gasteiger partial charge in [-0.25, -0.2) is 0 Å². The Balaban J connectivity index is 1.86. The molecule has 104 valence electrons. The minimum atomic E-state index is 0.181. The molecule has 0 radical (unpaired) electrons. The molecule has 2 N–H and O–H groups in total. The van der Waals surface area contributed by atoms with Crippen molar-refractivity contribution in [1.29, 1.82) is 0 Å². The van der Waals surface area contributed by atoms with Crippen LogP contribution in [0.5, 0.6) is 0 Å². The summed E-state index contributed by atoms with van der Waals surface area (Å²) in [6, 6.07) is 0. The standard InChI is InChI=1S/C14H26N2OS/c1-13(2)5-6-18-10-14(13,9-15)16-7-11-3-4-12(8-16)17-11/h11-12H,3-10,15H2,1-2H3. The molecular formula is C14H26N2OS. The average Bonchev–Trinajstić information content (AvgIpc) is 2.68. The second kappa shape index (κ2) is 4.65. The van der Waals surface area contributed by atoms with Crippen molar-refractivity contribution in [2.24, 2.45) is 11.1 Å². The van der Waals surface area contributed by atoms with Gasteiger partial charge in [-0.15, -0.1) is 0 Å². The summed E-state index contributed by atoms with van der Waals surface area (Å²) in [5.41, 5.74) is 6.76. The zero-order chi connectivity index (χ0) is 12.8. The Morgan fingerprint density at radius 2 is 1.94 bits per heavy atom. The number of likely N-dealkylation sites (tertiary alicyclic amines) is 1. The summed E-state index contributed by atoms with van der Waals surface area (Å²) < 4.78 is 5.99. The largest absolute Gasteiger partial charge is 0.372 e. The van der Waals surface area contributed by atoms with Crippen molar-refractivity contribution in [2.75, 3.05) is 31.1 Å². The summed E-state index contributed by atoms with van der Waals surface area (Å²) in [5, 5.41) is 0. The Labute approximate surface area is 115 Å².